The zero-order chi connectivity index (χ0) is 7.72. The molecule has 0 amide bonds. The lowest BCUT2D eigenvalue weighted by atomic mass is 10.3. The van der Waals surface area contributed by atoms with Crippen LogP contribution in [0.5, 0.6) is 0 Å². The molecule has 1 aromatic heterocycles. The van der Waals surface area contributed by atoms with Crippen molar-refractivity contribution in [2.45, 2.75) is 13.3 Å². The van der Waals surface area contributed by atoms with Crippen molar-refractivity contribution >= 4 is 5.69 Å². The molecule has 0 aliphatic heterocycles. The number of nitrogens with zero attached hydrogens (tertiary/aromatic N) is 1. The Kier molecular flexibility index (Phi) is 1.53. The molecule has 0 saturated heterocycles. The van der Waals surface area contributed by atoms with Crippen LogP contribution in [0.4, 0.5) is 5.69 Å². The number of rotatable bonds is 1. The van der Waals surface area contributed by atoms with Gasteiger partial charge in [0.25, 0.3) is 5.56 Å². The van der Waals surface area contributed by atoms with Crippen LogP contribution in [0.15, 0.2) is 4.79 Å². The lowest BCUT2D eigenvalue weighted by Gasteiger charge is -1.88. The molecule has 0 unspecified atom stereocenters. The van der Waals surface area contributed by atoms with Gasteiger partial charge in [0.1, 0.15) is 5.69 Å². The van der Waals surface area contributed by atoms with E-state index in [1.54, 1.807) is 7.05 Å². The van der Waals surface area contributed by atoms with Gasteiger partial charge < -0.3 is 5.73 Å². The monoisotopic (exact) mass is 141 g/mol. The maximum Gasteiger partial charge on any atom is 0.289 e. The van der Waals surface area contributed by atoms with E-state index in [-0.39, 0.29) is 5.56 Å². The number of aryl methyl sites for hydroxylation is 2. The van der Waals surface area contributed by atoms with Gasteiger partial charge in [-0.15, -0.1) is 0 Å². The molecule has 56 valence electrons. The highest BCUT2D eigenvalue weighted by Crippen LogP contribution is 2.01. The van der Waals surface area contributed by atoms with E-state index in [4.69, 9.17) is 5.73 Å². The van der Waals surface area contributed by atoms with Gasteiger partial charge in [0.15, 0.2) is 0 Å². The number of nitrogens with one attached hydrogen (secondary N) is 1. The minimum absolute atomic E-state index is 0.142. The third-order valence-corrected chi connectivity index (χ3v) is 1.52. The molecular formula is C6H11N3O. The summed E-state index contributed by atoms with van der Waals surface area (Å²) in [5.74, 6) is 0. The van der Waals surface area contributed by atoms with Gasteiger partial charge in [0.2, 0.25) is 0 Å². The Labute approximate surface area is 58.6 Å². The Morgan fingerprint density at radius 1 is 1.70 bits per heavy atom. The van der Waals surface area contributed by atoms with Gasteiger partial charge in [-0.1, -0.05) is 6.92 Å². The molecular weight excluding hydrogens is 130 g/mol. The number of nitrogen functional groups attached to an aromatic ring is 1. The van der Waals surface area contributed by atoms with Crippen molar-refractivity contribution in [1.82, 2.24) is 9.78 Å². The number of H-pyrrole nitrogens is 1. The first-order valence-electron chi connectivity index (χ1n) is 3.20. The van der Waals surface area contributed by atoms with E-state index >= 15 is 0 Å². The Hall–Kier alpha value is -1.19. The molecule has 0 aliphatic rings. The average molecular weight is 141 g/mol. The molecule has 0 saturated carbocycles. The normalized spacial score (nSPS) is 10.2. The molecule has 0 fully saturated rings. The van der Waals surface area contributed by atoms with E-state index in [1.165, 1.54) is 4.68 Å². The number of nitrogens with two attached hydrogens (primary N) is 1. The van der Waals surface area contributed by atoms with E-state index in [0.29, 0.717) is 5.69 Å². The van der Waals surface area contributed by atoms with Gasteiger partial charge in [-0.3, -0.25) is 14.6 Å². The van der Waals surface area contributed by atoms with Crippen molar-refractivity contribution in [1.29, 1.82) is 0 Å². The number of hydrogen-bond acceptors (Lipinski definition) is 2. The Bertz CT molecular complexity index is 284. The Morgan fingerprint density at radius 3 is 2.50 bits per heavy atom. The summed E-state index contributed by atoms with van der Waals surface area (Å²) in [5.41, 5.74) is 6.46. The second-order valence-corrected chi connectivity index (χ2v) is 2.22. The zero-order valence-corrected chi connectivity index (χ0v) is 6.14. The first kappa shape index (κ1) is 6.92. The average Bonchev–Trinajstić information content (AvgIpc) is 2.17. The van der Waals surface area contributed by atoms with Crippen molar-refractivity contribution in [2.24, 2.45) is 7.05 Å². The zero-order valence-electron chi connectivity index (χ0n) is 6.14. The standard InChI is InChI=1S/C6H11N3O/c1-3-4-5(7)6(10)9(2)8-4/h8H,3,7H2,1-2H3. The topological polar surface area (TPSA) is 63.8 Å². The molecule has 0 aliphatic carbocycles. The summed E-state index contributed by atoms with van der Waals surface area (Å²) in [6.45, 7) is 1.95. The molecule has 0 aromatic carbocycles. The van der Waals surface area contributed by atoms with Crippen LogP contribution in [0.25, 0.3) is 0 Å². The Morgan fingerprint density at radius 2 is 2.30 bits per heavy atom. The highest BCUT2D eigenvalue weighted by atomic mass is 16.1. The summed E-state index contributed by atoms with van der Waals surface area (Å²) in [6.07, 6.45) is 0.766. The predicted molar refractivity (Wildman–Crippen MR) is 39.8 cm³/mol. The van der Waals surface area contributed by atoms with Gasteiger partial charge >= 0.3 is 0 Å². The molecule has 1 aromatic rings. The first-order valence-corrected chi connectivity index (χ1v) is 3.20. The predicted octanol–water partition coefficient (Wildman–Crippen LogP) is -0.142. The van der Waals surface area contributed by atoms with Crippen LogP contribution < -0.4 is 11.3 Å². The van der Waals surface area contributed by atoms with E-state index in [1.807, 2.05) is 6.92 Å². The highest BCUT2D eigenvalue weighted by molar-refractivity contribution is 5.40. The molecule has 10 heavy (non-hydrogen) atoms. The molecule has 0 radical (unpaired) electrons. The molecule has 1 rings (SSSR count). The van der Waals surface area contributed by atoms with Crippen molar-refractivity contribution < 1.29 is 0 Å². The summed E-state index contributed by atoms with van der Waals surface area (Å²) in [6, 6.07) is 0. The van der Waals surface area contributed by atoms with Crippen molar-refractivity contribution in [3.8, 4) is 0 Å². The molecule has 4 heteroatoms. The van der Waals surface area contributed by atoms with Gasteiger partial charge in [-0.2, -0.15) is 0 Å². The minimum Gasteiger partial charge on any atom is -0.393 e. The fraction of sp³-hybridized carbons (Fsp3) is 0.500. The van der Waals surface area contributed by atoms with Crippen molar-refractivity contribution in [3.05, 3.63) is 16.0 Å². The summed E-state index contributed by atoms with van der Waals surface area (Å²) < 4.78 is 1.38. The third-order valence-electron chi connectivity index (χ3n) is 1.52. The maximum atomic E-state index is 11.0. The van der Waals surface area contributed by atoms with Crippen LogP contribution in [0.1, 0.15) is 12.6 Å². The summed E-state index contributed by atoms with van der Waals surface area (Å²) in [4.78, 5) is 11.0. The molecule has 0 atom stereocenters. The number of aromatic amines is 1. The molecule has 1 heterocycles. The smallest absolute Gasteiger partial charge is 0.289 e. The van der Waals surface area contributed by atoms with Crippen LogP contribution >= 0.6 is 0 Å². The van der Waals surface area contributed by atoms with Crippen molar-refractivity contribution in [2.75, 3.05) is 5.73 Å². The van der Waals surface area contributed by atoms with Crippen LogP contribution in [0.2, 0.25) is 0 Å². The molecule has 3 N–H and O–H groups in total. The van der Waals surface area contributed by atoms with Gasteiger partial charge in [0, 0.05) is 7.05 Å². The summed E-state index contributed by atoms with van der Waals surface area (Å²) in [7, 11) is 1.65. The molecule has 0 spiro atoms. The van der Waals surface area contributed by atoms with E-state index in [9.17, 15) is 4.79 Å². The highest BCUT2D eigenvalue weighted by Gasteiger charge is 2.04. The van der Waals surface area contributed by atoms with E-state index in [2.05, 4.69) is 5.10 Å². The SMILES string of the molecule is CCc1[nH]n(C)c(=O)c1N. The minimum atomic E-state index is -0.142. The van der Waals surface area contributed by atoms with Crippen LogP contribution in [-0.4, -0.2) is 9.78 Å². The van der Waals surface area contributed by atoms with Crippen LogP contribution in [0.3, 0.4) is 0 Å². The molecule has 0 bridgehead atoms. The summed E-state index contributed by atoms with van der Waals surface area (Å²) in [5, 5.41) is 2.84. The van der Waals surface area contributed by atoms with Crippen LogP contribution in [0, 0.1) is 0 Å². The third kappa shape index (κ3) is 0.814. The number of anilines is 1. The number of hydrogen-bond donors (Lipinski definition) is 2. The van der Waals surface area contributed by atoms with E-state index < -0.39 is 0 Å². The largest absolute Gasteiger partial charge is 0.393 e. The lowest BCUT2D eigenvalue weighted by molar-refractivity contribution is 0.723. The first-order chi connectivity index (χ1) is 4.66. The van der Waals surface area contributed by atoms with Gasteiger partial charge in [0.05, 0.1) is 5.69 Å². The fourth-order valence-corrected chi connectivity index (χ4v) is 0.893. The lowest BCUT2D eigenvalue weighted by Crippen LogP contribution is -2.14. The Balaban J connectivity index is 3.31. The second kappa shape index (κ2) is 2.21. The number of aromatic nitrogens is 2. The fourth-order valence-electron chi connectivity index (χ4n) is 0.893. The summed E-state index contributed by atoms with van der Waals surface area (Å²) >= 11 is 0. The van der Waals surface area contributed by atoms with Crippen LogP contribution in [-0.2, 0) is 13.5 Å². The second-order valence-electron chi connectivity index (χ2n) is 2.22. The van der Waals surface area contributed by atoms with Crippen molar-refractivity contribution in [3.63, 3.8) is 0 Å². The quantitative estimate of drug-likeness (QED) is 0.571. The van der Waals surface area contributed by atoms with Gasteiger partial charge in [-0.05, 0) is 6.42 Å². The van der Waals surface area contributed by atoms with Gasteiger partial charge in [-0.25, -0.2) is 0 Å². The maximum absolute atomic E-state index is 11.0. The molecule has 4 nitrogen and oxygen atoms in total. The van der Waals surface area contributed by atoms with E-state index in [0.717, 1.165) is 12.1 Å².